The number of halogens is 1. The largest absolute Gasteiger partial charge is 0.398 e. The first-order valence-electron chi connectivity index (χ1n) is 6.35. The molecule has 0 aliphatic carbocycles. The van der Waals surface area contributed by atoms with Crippen molar-refractivity contribution in [1.82, 2.24) is 0 Å². The second-order valence-electron chi connectivity index (χ2n) is 4.73. The summed E-state index contributed by atoms with van der Waals surface area (Å²) in [6, 6.07) is 7.81. The van der Waals surface area contributed by atoms with E-state index < -0.39 is 0 Å². The van der Waals surface area contributed by atoms with Crippen molar-refractivity contribution in [3.05, 3.63) is 40.4 Å². The number of nitrogens with two attached hydrogens (primary N) is 2. The minimum Gasteiger partial charge on any atom is -0.398 e. The topological polar surface area (TPSA) is 64.1 Å². The maximum atomic E-state index is 6.27. The third-order valence-electron chi connectivity index (χ3n) is 3.34. The predicted octanol–water partition coefficient (Wildman–Crippen LogP) is 4.86. The Balaban J connectivity index is 2.69. The second-order valence-corrected chi connectivity index (χ2v) is 7.60. The molecule has 2 aromatic rings. The van der Waals surface area contributed by atoms with Gasteiger partial charge in [0.05, 0.1) is 0 Å². The lowest BCUT2D eigenvalue weighted by atomic mass is 9.96. The third-order valence-corrected chi connectivity index (χ3v) is 5.37. The van der Waals surface area contributed by atoms with Gasteiger partial charge in [0.25, 0.3) is 0 Å². The van der Waals surface area contributed by atoms with Crippen molar-refractivity contribution in [1.29, 1.82) is 0 Å². The summed E-state index contributed by atoms with van der Waals surface area (Å²) in [6.45, 7) is 4.05. The van der Waals surface area contributed by atoms with Crippen LogP contribution in [0.2, 0.25) is 5.02 Å². The monoisotopic (exact) mass is 339 g/mol. The Labute approximate surface area is 138 Å². The summed E-state index contributed by atoms with van der Waals surface area (Å²) in [5.41, 5.74) is 14.7. The Kier molecular flexibility index (Phi) is 5.32. The number of nitrogen functional groups attached to an aromatic ring is 2. The molecule has 6 heteroatoms. The highest BCUT2D eigenvalue weighted by molar-refractivity contribution is 8.76. The first kappa shape index (κ1) is 16.4. The molecule has 0 aromatic heterocycles. The molecule has 0 unspecified atom stereocenters. The molecule has 0 spiro atoms. The molecule has 2 rings (SSSR count). The molecule has 0 saturated heterocycles. The van der Waals surface area contributed by atoms with Crippen molar-refractivity contribution >= 4 is 44.6 Å². The lowest BCUT2D eigenvalue weighted by Crippen LogP contribution is -2.08. The Bertz CT molecular complexity index is 674. The molecular weight excluding hydrogens is 322 g/mol. The maximum Gasteiger partial charge on any atom is 0.0495 e. The van der Waals surface area contributed by atoms with Crippen LogP contribution in [-0.2, 0) is 0 Å². The van der Waals surface area contributed by atoms with Crippen LogP contribution in [-0.4, -0.2) is 6.26 Å². The lowest BCUT2D eigenvalue weighted by molar-refractivity contribution is 1.30. The Morgan fingerprint density at radius 3 is 2.43 bits per heavy atom. The van der Waals surface area contributed by atoms with Crippen LogP contribution in [0, 0.1) is 13.8 Å². The molecule has 0 amide bonds. The average molecular weight is 340 g/mol. The van der Waals surface area contributed by atoms with E-state index in [0.29, 0.717) is 5.02 Å². The fourth-order valence-corrected chi connectivity index (χ4v) is 4.15. The molecule has 0 aliphatic heterocycles. The predicted molar refractivity (Wildman–Crippen MR) is 98.0 cm³/mol. The van der Waals surface area contributed by atoms with Crippen LogP contribution in [0.4, 0.5) is 11.4 Å². The third kappa shape index (κ3) is 3.43. The van der Waals surface area contributed by atoms with E-state index in [1.54, 1.807) is 21.6 Å². The van der Waals surface area contributed by atoms with Crippen LogP contribution in [0.25, 0.3) is 11.1 Å². The molecule has 0 radical (unpaired) electrons. The summed E-state index contributed by atoms with van der Waals surface area (Å²) < 4.78 is 0. The van der Waals surface area contributed by atoms with Gasteiger partial charge in [0.1, 0.15) is 0 Å². The summed E-state index contributed by atoms with van der Waals surface area (Å²) >= 11 is 6.27. The van der Waals surface area contributed by atoms with E-state index in [1.807, 2.05) is 37.4 Å². The standard InChI is InChI=1S/C15H18ClN3S2/c1-8-4-11(19-18)7-13(15(8)17)12-5-10(16)6-14(9(12)2)21-20-3/h4-7,19H,17-18H2,1-3H3. The van der Waals surface area contributed by atoms with Crippen molar-refractivity contribution in [2.24, 2.45) is 5.84 Å². The molecule has 21 heavy (non-hydrogen) atoms. The number of hydrazine groups is 1. The molecule has 5 N–H and O–H groups in total. The van der Waals surface area contributed by atoms with Crippen LogP contribution < -0.4 is 17.0 Å². The van der Waals surface area contributed by atoms with E-state index >= 15 is 0 Å². The van der Waals surface area contributed by atoms with Crippen LogP contribution in [0.5, 0.6) is 0 Å². The van der Waals surface area contributed by atoms with Crippen molar-refractivity contribution in [2.45, 2.75) is 18.7 Å². The summed E-state index contributed by atoms with van der Waals surface area (Å²) in [5.74, 6) is 5.54. The quantitative estimate of drug-likeness (QED) is 0.321. The van der Waals surface area contributed by atoms with Gasteiger partial charge in [-0.1, -0.05) is 33.2 Å². The van der Waals surface area contributed by atoms with Gasteiger partial charge in [0.2, 0.25) is 0 Å². The van der Waals surface area contributed by atoms with E-state index in [1.165, 1.54) is 5.56 Å². The van der Waals surface area contributed by atoms with Crippen LogP contribution >= 0.6 is 33.2 Å². The van der Waals surface area contributed by atoms with Gasteiger partial charge in [-0.25, -0.2) is 0 Å². The fraction of sp³-hybridized carbons (Fsp3) is 0.200. The summed E-state index contributed by atoms with van der Waals surface area (Å²) in [7, 11) is 3.39. The summed E-state index contributed by atoms with van der Waals surface area (Å²) in [6.07, 6.45) is 2.04. The molecule has 112 valence electrons. The van der Waals surface area contributed by atoms with Crippen LogP contribution in [0.1, 0.15) is 11.1 Å². The molecular formula is C15H18ClN3S2. The van der Waals surface area contributed by atoms with Crippen molar-refractivity contribution in [2.75, 3.05) is 17.4 Å². The molecule has 0 saturated carbocycles. The van der Waals surface area contributed by atoms with Gasteiger partial charge in [-0.3, -0.25) is 5.84 Å². The van der Waals surface area contributed by atoms with E-state index in [9.17, 15) is 0 Å². The average Bonchev–Trinajstić information content (AvgIpc) is 2.45. The van der Waals surface area contributed by atoms with Gasteiger partial charge in [-0.05, 0) is 61.1 Å². The molecule has 0 atom stereocenters. The van der Waals surface area contributed by atoms with Crippen molar-refractivity contribution in [3.63, 3.8) is 0 Å². The van der Waals surface area contributed by atoms with Gasteiger partial charge in [-0.2, -0.15) is 0 Å². The second kappa shape index (κ2) is 6.83. The molecule has 2 aromatic carbocycles. The highest BCUT2D eigenvalue weighted by atomic mass is 35.5. The van der Waals surface area contributed by atoms with Gasteiger partial charge < -0.3 is 11.2 Å². The zero-order valence-corrected chi connectivity index (χ0v) is 14.5. The SMILES string of the molecule is CSSc1cc(Cl)cc(-c2cc(NN)cc(C)c2N)c1C. The van der Waals surface area contributed by atoms with Crippen LogP contribution in [0.3, 0.4) is 0 Å². The van der Waals surface area contributed by atoms with Crippen molar-refractivity contribution < 1.29 is 0 Å². The summed E-state index contributed by atoms with van der Waals surface area (Å²) in [4.78, 5) is 1.15. The molecule has 0 bridgehead atoms. The van der Waals surface area contributed by atoms with E-state index in [-0.39, 0.29) is 0 Å². The normalized spacial score (nSPS) is 10.7. The number of hydrogen-bond acceptors (Lipinski definition) is 5. The Morgan fingerprint density at radius 2 is 1.81 bits per heavy atom. The smallest absolute Gasteiger partial charge is 0.0495 e. The molecule has 0 fully saturated rings. The van der Waals surface area contributed by atoms with Gasteiger partial charge in [-0.15, -0.1) is 0 Å². The number of anilines is 2. The van der Waals surface area contributed by atoms with Gasteiger partial charge in [0, 0.05) is 26.9 Å². The zero-order valence-electron chi connectivity index (χ0n) is 12.2. The fourth-order valence-electron chi connectivity index (χ4n) is 2.21. The zero-order chi connectivity index (χ0) is 15.6. The van der Waals surface area contributed by atoms with Crippen LogP contribution in [0.15, 0.2) is 29.2 Å². The number of aryl methyl sites for hydroxylation is 1. The van der Waals surface area contributed by atoms with E-state index in [0.717, 1.165) is 33.0 Å². The van der Waals surface area contributed by atoms with Crippen molar-refractivity contribution in [3.8, 4) is 11.1 Å². The van der Waals surface area contributed by atoms with E-state index in [4.69, 9.17) is 23.2 Å². The first-order chi connectivity index (χ1) is 9.97. The number of rotatable bonds is 4. The van der Waals surface area contributed by atoms with Gasteiger partial charge >= 0.3 is 0 Å². The Hall–Kier alpha value is -1.01. The Morgan fingerprint density at radius 1 is 1.10 bits per heavy atom. The highest BCUT2D eigenvalue weighted by Gasteiger charge is 2.13. The number of hydrogen-bond donors (Lipinski definition) is 3. The lowest BCUT2D eigenvalue weighted by Gasteiger charge is -2.16. The molecule has 0 heterocycles. The minimum atomic E-state index is 0.704. The number of nitrogens with one attached hydrogen (secondary N) is 1. The first-order valence-corrected chi connectivity index (χ1v) is 9.29. The van der Waals surface area contributed by atoms with Gasteiger partial charge in [0.15, 0.2) is 0 Å². The molecule has 3 nitrogen and oxygen atoms in total. The highest BCUT2D eigenvalue weighted by Crippen LogP contribution is 2.41. The maximum absolute atomic E-state index is 6.27. The molecule has 0 aliphatic rings. The number of benzene rings is 2. The summed E-state index contributed by atoms with van der Waals surface area (Å²) in [5, 5.41) is 0.704. The van der Waals surface area contributed by atoms with E-state index in [2.05, 4.69) is 12.3 Å². The minimum absolute atomic E-state index is 0.704.